The molecular weight excluding hydrogens is 268 g/mol. The fourth-order valence-electron chi connectivity index (χ4n) is 2.90. The number of nitrogens with one attached hydrogen (secondary N) is 1. The summed E-state index contributed by atoms with van der Waals surface area (Å²) in [5.74, 6) is 0. The number of benzene rings is 1. The predicted octanol–water partition coefficient (Wildman–Crippen LogP) is 2.43. The molecule has 0 amide bonds. The summed E-state index contributed by atoms with van der Waals surface area (Å²) in [5.41, 5.74) is 0.863. The first-order valence-electron chi connectivity index (χ1n) is 7.27. The van der Waals surface area contributed by atoms with Crippen molar-refractivity contribution in [2.75, 3.05) is 25.0 Å². The molecule has 2 rings (SSSR count). The first kappa shape index (κ1) is 15.3. The highest BCUT2D eigenvalue weighted by molar-refractivity contribution is 5.60. The molecule has 0 spiro atoms. The zero-order valence-electron chi connectivity index (χ0n) is 12.2. The van der Waals surface area contributed by atoms with Crippen LogP contribution in [0, 0.1) is 21.4 Å². The Bertz CT molecular complexity index is 553. The Morgan fingerprint density at radius 3 is 3.00 bits per heavy atom. The lowest BCUT2D eigenvalue weighted by Crippen LogP contribution is -2.41. The number of nitrogens with zero attached hydrogens (tertiary/aromatic N) is 3. The average molecular weight is 288 g/mol. The summed E-state index contributed by atoms with van der Waals surface area (Å²) in [6.45, 7) is 1.84. The van der Waals surface area contributed by atoms with Crippen molar-refractivity contribution in [1.82, 2.24) is 5.32 Å². The quantitative estimate of drug-likeness (QED) is 0.664. The molecule has 1 aliphatic rings. The Kier molecular flexibility index (Phi) is 5.12. The third-order valence-electron chi connectivity index (χ3n) is 3.98. The fourth-order valence-corrected chi connectivity index (χ4v) is 2.90. The largest absolute Gasteiger partial charge is 0.368 e. The van der Waals surface area contributed by atoms with Crippen LogP contribution in [0.4, 0.5) is 11.4 Å². The zero-order valence-corrected chi connectivity index (χ0v) is 12.2. The number of anilines is 1. The summed E-state index contributed by atoms with van der Waals surface area (Å²) in [5, 5.41) is 23.2. The molecule has 1 aromatic rings. The van der Waals surface area contributed by atoms with Gasteiger partial charge in [0.05, 0.1) is 4.92 Å². The molecule has 0 aliphatic carbocycles. The standard InChI is InChI=1S/C15H20N4O2/c1-17-8-7-13-4-2-3-9-18(13)14-6-5-12(11-16)15(10-14)19(20)21/h5-6,10,13,17H,2-4,7-9H2,1H3. The van der Waals surface area contributed by atoms with Gasteiger partial charge in [-0.05, 0) is 51.4 Å². The molecule has 0 radical (unpaired) electrons. The number of hydrogen-bond donors (Lipinski definition) is 1. The highest BCUT2D eigenvalue weighted by Gasteiger charge is 2.24. The topological polar surface area (TPSA) is 82.2 Å². The van der Waals surface area contributed by atoms with E-state index in [1.54, 1.807) is 6.07 Å². The second kappa shape index (κ2) is 7.04. The van der Waals surface area contributed by atoms with Crippen LogP contribution in [0.3, 0.4) is 0 Å². The van der Waals surface area contributed by atoms with Gasteiger partial charge in [-0.15, -0.1) is 0 Å². The van der Waals surface area contributed by atoms with E-state index >= 15 is 0 Å². The highest BCUT2D eigenvalue weighted by atomic mass is 16.6. The first-order chi connectivity index (χ1) is 10.2. The third-order valence-corrected chi connectivity index (χ3v) is 3.98. The molecule has 6 heteroatoms. The molecule has 1 aliphatic heterocycles. The number of nitro benzene ring substituents is 1. The summed E-state index contributed by atoms with van der Waals surface area (Å²) in [7, 11) is 1.93. The van der Waals surface area contributed by atoms with Crippen molar-refractivity contribution in [2.24, 2.45) is 0 Å². The first-order valence-corrected chi connectivity index (χ1v) is 7.27. The van der Waals surface area contributed by atoms with Crippen LogP contribution in [0.1, 0.15) is 31.2 Å². The zero-order chi connectivity index (χ0) is 15.2. The second-order valence-electron chi connectivity index (χ2n) is 5.31. The number of rotatable bonds is 5. The molecule has 0 aromatic heterocycles. The van der Waals surface area contributed by atoms with Crippen molar-refractivity contribution < 1.29 is 4.92 Å². The molecule has 0 saturated carbocycles. The van der Waals surface area contributed by atoms with Gasteiger partial charge < -0.3 is 10.2 Å². The van der Waals surface area contributed by atoms with Crippen LogP contribution in [0.15, 0.2) is 18.2 Å². The Morgan fingerprint density at radius 1 is 1.52 bits per heavy atom. The van der Waals surface area contributed by atoms with E-state index in [4.69, 9.17) is 5.26 Å². The predicted molar refractivity (Wildman–Crippen MR) is 81.3 cm³/mol. The van der Waals surface area contributed by atoms with Crippen molar-refractivity contribution in [2.45, 2.75) is 31.7 Å². The molecule has 6 nitrogen and oxygen atoms in total. The summed E-state index contributed by atoms with van der Waals surface area (Å²) in [6.07, 6.45) is 4.42. The van der Waals surface area contributed by atoms with Crippen molar-refractivity contribution in [3.63, 3.8) is 0 Å². The van der Waals surface area contributed by atoms with Crippen LogP contribution < -0.4 is 10.2 Å². The smallest absolute Gasteiger partial charge is 0.289 e. The third kappa shape index (κ3) is 3.50. The van der Waals surface area contributed by atoms with Crippen LogP contribution in [0.5, 0.6) is 0 Å². The van der Waals surface area contributed by atoms with E-state index in [9.17, 15) is 10.1 Å². The van der Waals surface area contributed by atoms with E-state index in [0.29, 0.717) is 6.04 Å². The van der Waals surface area contributed by atoms with Crippen molar-refractivity contribution in [3.05, 3.63) is 33.9 Å². The Labute approximate surface area is 124 Å². The van der Waals surface area contributed by atoms with Gasteiger partial charge in [-0.25, -0.2) is 0 Å². The molecule has 1 aromatic carbocycles. The van der Waals surface area contributed by atoms with E-state index in [-0.39, 0.29) is 11.3 Å². The van der Waals surface area contributed by atoms with Gasteiger partial charge in [-0.3, -0.25) is 10.1 Å². The minimum absolute atomic E-state index is 0.104. The number of piperidine rings is 1. The van der Waals surface area contributed by atoms with Crippen LogP contribution >= 0.6 is 0 Å². The van der Waals surface area contributed by atoms with Crippen LogP contribution in [-0.2, 0) is 0 Å². The van der Waals surface area contributed by atoms with E-state index < -0.39 is 4.92 Å². The van der Waals surface area contributed by atoms with Gasteiger partial charge in [-0.2, -0.15) is 5.26 Å². The monoisotopic (exact) mass is 288 g/mol. The molecule has 21 heavy (non-hydrogen) atoms. The van der Waals surface area contributed by atoms with Crippen molar-refractivity contribution in [3.8, 4) is 6.07 Å². The highest BCUT2D eigenvalue weighted by Crippen LogP contribution is 2.30. The lowest BCUT2D eigenvalue weighted by molar-refractivity contribution is -0.385. The Balaban J connectivity index is 2.28. The van der Waals surface area contributed by atoms with E-state index in [1.807, 2.05) is 19.2 Å². The summed E-state index contributed by atoms with van der Waals surface area (Å²) >= 11 is 0. The summed E-state index contributed by atoms with van der Waals surface area (Å²) in [4.78, 5) is 12.9. The van der Waals surface area contributed by atoms with Crippen LogP contribution in [0.25, 0.3) is 0 Å². The summed E-state index contributed by atoms with van der Waals surface area (Å²) < 4.78 is 0. The van der Waals surface area contributed by atoms with E-state index in [1.165, 1.54) is 12.5 Å². The molecule has 112 valence electrons. The van der Waals surface area contributed by atoms with Gasteiger partial charge in [0.25, 0.3) is 5.69 Å². The van der Waals surface area contributed by atoms with Gasteiger partial charge in [0, 0.05) is 24.3 Å². The lowest BCUT2D eigenvalue weighted by atomic mass is 9.98. The van der Waals surface area contributed by atoms with Gasteiger partial charge >= 0.3 is 0 Å². The molecule has 1 saturated heterocycles. The molecule has 1 atom stereocenters. The molecular formula is C15H20N4O2. The maximum atomic E-state index is 11.1. The van der Waals surface area contributed by atoms with Crippen LogP contribution in [-0.4, -0.2) is 31.1 Å². The molecule has 1 heterocycles. The molecule has 1 fully saturated rings. The number of hydrogen-bond acceptors (Lipinski definition) is 5. The maximum absolute atomic E-state index is 11.1. The van der Waals surface area contributed by atoms with Gasteiger partial charge in [0.2, 0.25) is 0 Å². The van der Waals surface area contributed by atoms with E-state index in [2.05, 4.69) is 10.2 Å². The maximum Gasteiger partial charge on any atom is 0.289 e. The van der Waals surface area contributed by atoms with E-state index in [0.717, 1.165) is 38.0 Å². The Hall–Kier alpha value is -2.13. The fraction of sp³-hybridized carbons (Fsp3) is 0.533. The SMILES string of the molecule is CNCCC1CCCCN1c1ccc(C#N)c([N+](=O)[O-])c1. The molecule has 1 unspecified atom stereocenters. The second-order valence-corrected chi connectivity index (χ2v) is 5.31. The minimum Gasteiger partial charge on any atom is -0.368 e. The van der Waals surface area contributed by atoms with Gasteiger partial charge in [0.15, 0.2) is 0 Å². The number of nitriles is 1. The van der Waals surface area contributed by atoms with Crippen molar-refractivity contribution in [1.29, 1.82) is 5.26 Å². The minimum atomic E-state index is -0.478. The number of nitro groups is 1. The van der Waals surface area contributed by atoms with Crippen molar-refractivity contribution >= 4 is 11.4 Å². The Morgan fingerprint density at radius 2 is 2.33 bits per heavy atom. The average Bonchev–Trinajstić information content (AvgIpc) is 2.52. The summed E-state index contributed by atoms with van der Waals surface area (Å²) in [6, 6.07) is 7.20. The normalized spacial score (nSPS) is 18.3. The lowest BCUT2D eigenvalue weighted by Gasteiger charge is -2.37. The van der Waals surface area contributed by atoms with Gasteiger partial charge in [0.1, 0.15) is 11.6 Å². The van der Waals surface area contributed by atoms with Crippen LogP contribution in [0.2, 0.25) is 0 Å². The molecule has 0 bridgehead atoms. The molecule has 1 N–H and O–H groups in total. The van der Waals surface area contributed by atoms with Gasteiger partial charge in [-0.1, -0.05) is 0 Å².